The van der Waals surface area contributed by atoms with Crippen LogP contribution in [0.2, 0.25) is 0 Å². The number of halogens is 1. The number of amides is 1. The van der Waals surface area contributed by atoms with E-state index in [1.54, 1.807) is 7.05 Å². The van der Waals surface area contributed by atoms with E-state index in [1.165, 1.54) is 25.3 Å². The minimum Gasteiger partial charge on any atom is -0.492 e. The number of benzene rings is 2. The third-order valence-corrected chi connectivity index (χ3v) is 6.06. The lowest BCUT2D eigenvalue weighted by atomic mass is 9.86. The molecule has 2 aromatic rings. The highest BCUT2D eigenvalue weighted by molar-refractivity contribution is 14.0. The Hall–Kier alpha value is -2.49. The number of para-hydroxylation sites is 1. The fraction of sp³-hybridized carbons (Fsp3) is 0.440. The van der Waals surface area contributed by atoms with Crippen LogP contribution < -0.4 is 25.4 Å². The van der Waals surface area contributed by atoms with E-state index in [4.69, 9.17) is 9.47 Å². The normalized spacial score (nSPS) is 18.5. The summed E-state index contributed by atoms with van der Waals surface area (Å²) in [4.78, 5) is 15.6. The number of anilines is 1. The van der Waals surface area contributed by atoms with Crippen LogP contribution in [0.4, 0.5) is 5.69 Å². The molecular formula is C25H33IN4O3. The molecule has 1 aliphatic carbocycles. The largest absolute Gasteiger partial charge is 0.492 e. The van der Waals surface area contributed by atoms with Crippen molar-refractivity contribution in [2.45, 2.75) is 50.7 Å². The number of nitrogens with zero attached hydrogens (tertiary/aromatic N) is 1. The van der Waals surface area contributed by atoms with Gasteiger partial charge in [-0.3, -0.25) is 9.79 Å². The maximum atomic E-state index is 11.2. The van der Waals surface area contributed by atoms with Crippen molar-refractivity contribution in [3.05, 3.63) is 54.1 Å². The Morgan fingerprint density at radius 3 is 2.73 bits per heavy atom. The lowest BCUT2D eigenvalue weighted by Crippen LogP contribution is -2.47. The number of carbonyl (C=O) groups excluding carboxylic acids is 1. The fourth-order valence-corrected chi connectivity index (χ4v) is 4.64. The topological polar surface area (TPSA) is 84.0 Å². The van der Waals surface area contributed by atoms with Crippen LogP contribution >= 0.6 is 24.0 Å². The van der Waals surface area contributed by atoms with Gasteiger partial charge < -0.3 is 25.4 Å². The van der Waals surface area contributed by atoms with Crippen LogP contribution in [0, 0.1) is 0 Å². The number of aliphatic imine (C=N–C) groups is 1. The third-order valence-electron chi connectivity index (χ3n) is 6.06. The summed E-state index contributed by atoms with van der Waals surface area (Å²) in [6.07, 6.45) is 5.61. The molecule has 0 bridgehead atoms. The number of nitrogens with one attached hydrogen (secondary N) is 3. The Morgan fingerprint density at radius 2 is 1.97 bits per heavy atom. The molecular weight excluding hydrogens is 531 g/mol. The lowest BCUT2D eigenvalue weighted by molar-refractivity contribution is -0.114. The molecule has 1 spiro atoms. The first-order valence-electron chi connectivity index (χ1n) is 11.3. The Bertz CT molecular complexity index is 976. The molecule has 1 amide bonds. The molecule has 2 aromatic carbocycles. The van der Waals surface area contributed by atoms with Gasteiger partial charge >= 0.3 is 0 Å². The summed E-state index contributed by atoms with van der Waals surface area (Å²) in [5, 5.41) is 9.71. The van der Waals surface area contributed by atoms with Crippen LogP contribution in [0.1, 0.15) is 50.6 Å². The third kappa shape index (κ3) is 6.52. The summed E-state index contributed by atoms with van der Waals surface area (Å²) in [6, 6.07) is 15.8. The quantitative estimate of drug-likeness (QED) is 0.206. The van der Waals surface area contributed by atoms with Gasteiger partial charge in [-0.1, -0.05) is 24.3 Å². The van der Waals surface area contributed by atoms with Gasteiger partial charge in [-0.15, -0.1) is 24.0 Å². The van der Waals surface area contributed by atoms with Gasteiger partial charge in [0, 0.05) is 37.7 Å². The average Bonchev–Trinajstić information content (AvgIpc) is 3.22. The summed E-state index contributed by atoms with van der Waals surface area (Å²) in [5.74, 6) is 2.33. The SMILES string of the molecule is CN=C(NCCOc1cccc(NC(C)=O)c1)NC1CC2(CCCC2)Oc2ccccc21.I. The van der Waals surface area contributed by atoms with E-state index in [2.05, 4.69) is 39.1 Å². The van der Waals surface area contributed by atoms with E-state index >= 15 is 0 Å². The van der Waals surface area contributed by atoms with Gasteiger partial charge in [0.15, 0.2) is 5.96 Å². The first kappa shape index (κ1) is 25.1. The number of carbonyl (C=O) groups is 1. The average molecular weight is 564 g/mol. The van der Waals surface area contributed by atoms with Crippen LogP contribution in [-0.4, -0.2) is 37.7 Å². The number of fused-ring (bicyclic) bond motifs is 1. The summed E-state index contributed by atoms with van der Waals surface area (Å²) < 4.78 is 12.3. The molecule has 0 radical (unpaired) electrons. The molecule has 1 unspecified atom stereocenters. The number of rotatable bonds is 6. The predicted molar refractivity (Wildman–Crippen MR) is 142 cm³/mol. The molecule has 0 saturated heterocycles. The molecule has 33 heavy (non-hydrogen) atoms. The van der Waals surface area contributed by atoms with Gasteiger partial charge in [-0.05, 0) is 43.9 Å². The second kappa shape index (κ2) is 11.6. The molecule has 2 aliphatic rings. The van der Waals surface area contributed by atoms with Crippen LogP contribution in [-0.2, 0) is 4.79 Å². The number of guanidine groups is 1. The second-order valence-corrected chi connectivity index (χ2v) is 8.49. The van der Waals surface area contributed by atoms with Gasteiger partial charge in [-0.25, -0.2) is 0 Å². The molecule has 1 atom stereocenters. The van der Waals surface area contributed by atoms with Gasteiger partial charge in [0.1, 0.15) is 23.7 Å². The van der Waals surface area contributed by atoms with Crippen molar-refractivity contribution in [3.8, 4) is 11.5 Å². The second-order valence-electron chi connectivity index (χ2n) is 8.49. The molecule has 178 valence electrons. The maximum absolute atomic E-state index is 11.2. The highest BCUT2D eigenvalue weighted by atomic mass is 127. The van der Waals surface area contributed by atoms with Gasteiger partial charge in [-0.2, -0.15) is 0 Å². The van der Waals surface area contributed by atoms with E-state index in [1.807, 2.05) is 30.3 Å². The first-order chi connectivity index (χ1) is 15.6. The summed E-state index contributed by atoms with van der Waals surface area (Å²) in [6.45, 7) is 2.56. The van der Waals surface area contributed by atoms with Crippen LogP contribution in [0.5, 0.6) is 11.5 Å². The first-order valence-corrected chi connectivity index (χ1v) is 11.3. The van der Waals surface area contributed by atoms with E-state index < -0.39 is 0 Å². The maximum Gasteiger partial charge on any atom is 0.221 e. The van der Waals surface area contributed by atoms with Crippen molar-refractivity contribution in [1.82, 2.24) is 10.6 Å². The van der Waals surface area contributed by atoms with E-state index in [9.17, 15) is 4.79 Å². The number of ether oxygens (including phenoxy) is 2. The van der Waals surface area contributed by atoms with E-state index in [0.29, 0.717) is 18.9 Å². The van der Waals surface area contributed by atoms with Gasteiger partial charge in [0.2, 0.25) is 5.91 Å². The predicted octanol–water partition coefficient (Wildman–Crippen LogP) is 4.64. The Kier molecular flexibility index (Phi) is 8.82. The molecule has 8 heteroatoms. The minimum absolute atomic E-state index is 0. The summed E-state index contributed by atoms with van der Waals surface area (Å²) >= 11 is 0. The van der Waals surface area contributed by atoms with E-state index in [0.717, 1.165) is 36.7 Å². The molecule has 1 saturated carbocycles. The molecule has 1 fully saturated rings. The molecule has 0 aromatic heterocycles. The standard InChI is InChI=1S/C25H32N4O3.HI/c1-18(30)28-19-8-7-9-20(16-19)31-15-14-27-24(26-2)29-22-17-25(12-5-6-13-25)32-23-11-4-3-10-21(22)23;/h3-4,7-11,16,22H,5-6,12-15,17H2,1-2H3,(H,28,30)(H2,26,27,29);1H. The van der Waals surface area contributed by atoms with Crippen LogP contribution in [0.25, 0.3) is 0 Å². The van der Waals surface area contributed by atoms with Crippen molar-refractivity contribution in [2.75, 3.05) is 25.5 Å². The monoisotopic (exact) mass is 564 g/mol. The smallest absolute Gasteiger partial charge is 0.221 e. The number of hydrogen-bond donors (Lipinski definition) is 3. The lowest BCUT2D eigenvalue weighted by Gasteiger charge is -2.40. The zero-order chi connectivity index (χ0) is 22.4. The summed E-state index contributed by atoms with van der Waals surface area (Å²) in [5.41, 5.74) is 1.84. The zero-order valence-corrected chi connectivity index (χ0v) is 21.6. The molecule has 1 aliphatic heterocycles. The Labute approximate surface area is 212 Å². The Balaban J connectivity index is 0.00000306. The minimum atomic E-state index is -0.104. The van der Waals surface area contributed by atoms with Gasteiger partial charge in [0.25, 0.3) is 0 Å². The molecule has 1 heterocycles. The van der Waals surface area contributed by atoms with Crippen LogP contribution in [0.15, 0.2) is 53.5 Å². The van der Waals surface area contributed by atoms with E-state index in [-0.39, 0.29) is 41.5 Å². The van der Waals surface area contributed by atoms with Crippen molar-refractivity contribution >= 4 is 41.5 Å². The molecule has 7 nitrogen and oxygen atoms in total. The zero-order valence-electron chi connectivity index (χ0n) is 19.2. The van der Waals surface area contributed by atoms with Crippen molar-refractivity contribution in [2.24, 2.45) is 4.99 Å². The molecule has 4 rings (SSSR count). The highest BCUT2D eigenvalue weighted by Gasteiger charge is 2.43. The van der Waals surface area contributed by atoms with Crippen molar-refractivity contribution in [3.63, 3.8) is 0 Å². The van der Waals surface area contributed by atoms with Crippen LogP contribution in [0.3, 0.4) is 0 Å². The highest BCUT2D eigenvalue weighted by Crippen LogP contribution is 2.46. The number of hydrogen-bond acceptors (Lipinski definition) is 4. The van der Waals surface area contributed by atoms with Crippen molar-refractivity contribution in [1.29, 1.82) is 0 Å². The fourth-order valence-electron chi connectivity index (χ4n) is 4.64. The molecule has 3 N–H and O–H groups in total. The Morgan fingerprint density at radius 1 is 1.18 bits per heavy atom. The van der Waals surface area contributed by atoms with Gasteiger partial charge in [0.05, 0.1) is 12.6 Å². The van der Waals surface area contributed by atoms with Crippen molar-refractivity contribution < 1.29 is 14.3 Å². The summed E-state index contributed by atoms with van der Waals surface area (Å²) in [7, 11) is 1.78.